The van der Waals surface area contributed by atoms with Crippen molar-refractivity contribution in [3.8, 4) is 0 Å². The van der Waals surface area contributed by atoms with E-state index in [0.717, 1.165) is 18.0 Å². The molecule has 0 aliphatic rings. The molecule has 1 rings (SSSR count). The van der Waals surface area contributed by atoms with Gasteiger partial charge in [-0.15, -0.1) is 22.9 Å². The van der Waals surface area contributed by atoms with E-state index in [0.29, 0.717) is 11.9 Å². The van der Waals surface area contributed by atoms with Gasteiger partial charge < -0.3 is 5.32 Å². The first-order valence-corrected chi connectivity index (χ1v) is 8.30. The fraction of sp³-hybridized carbons (Fsp3) is 0.800. The molecule has 0 aliphatic heterocycles. The van der Waals surface area contributed by atoms with Gasteiger partial charge in [0.2, 0.25) is 0 Å². The summed E-state index contributed by atoms with van der Waals surface area (Å²) in [5.41, 5.74) is 1.53. The first-order valence-electron chi connectivity index (χ1n) is 6.89. The number of nitrogens with one attached hydrogen (secondary N) is 1. The molecule has 2 nitrogen and oxygen atoms in total. The summed E-state index contributed by atoms with van der Waals surface area (Å²) in [6.45, 7) is 14.2. The summed E-state index contributed by atoms with van der Waals surface area (Å²) in [7, 11) is 0. The summed E-state index contributed by atoms with van der Waals surface area (Å²) in [6.07, 6.45) is 0.989. The van der Waals surface area contributed by atoms with Gasteiger partial charge in [0.05, 0.1) is 5.69 Å². The molecular weight excluding hydrogens is 276 g/mol. The molecule has 1 N–H and O–H groups in total. The highest BCUT2D eigenvalue weighted by Crippen LogP contribution is 2.25. The van der Waals surface area contributed by atoms with Gasteiger partial charge >= 0.3 is 0 Å². The van der Waals surface area contributed by atoms with Crippen LogP contribution in [0.3, 0.4) is 0 Å². The molecule has 1 unspecified atom stereocenters. The van der Waals surface area contributed by atoms with Gasteiger partial charge in [-0.3, -0.25) is 0 Å². The molecule has 1 aromatic rings. The number of hydrogen-bond donors (Lipinski definition) is 1. The van der Waals surface area contributed by atoms with Crippen molar-refractivity contribution in [1.82, 2.24) is 10.3 Å². The van der Waals surface area contributed by atoms with Crippen LogP contribution in [0.5, 0.6) is 0 Å². The van der Waals surface area contributed by atoms with Gasteiger partial charge in [-0.25, -0.2) is 4.98 Å². The van der Waals surface area contributed by atoms with Gasteiger partial charge in [0.25, 0.3) is 0 Å². The molecule has 0 aromatic carbocycles. The van der Waals surface area contributed by atoms with Crippen molar-refractivity contribution in [2.45, 2.75) is 66.0 Å². The van der Waals surface area contributed by atoms with Gasteiger partial charge in [-0.1, -0.05) is 41.5 Å². The average Bonchev–Trinajstić information content (AvgIpc) is 2.70. The SMILES string of the molecule is CC(C)(C)c1csc(CNC(CCCl)C(C)(C)C)n1. The molecule has 0 fully saturated rings. The minimum Gasteiger partial charge on any atom is -0.307 e. The fourth-order valence-corrected chi connectivity index (χ4v) is 3.09. The van der Waals surface area contributed by atoms with Crippen LogP contribution in [-0.2, 0) is 12.0 Å². The summed E-state index contributed by atoms with van der Waals surface area (Å²) >= 11 is 7.64. The summed E-state index contributed by atoms with van der Waals surface area (Å²) < 4.78 is 0. The van der Waals surface area contributed by atoms with Crippen LogP contribution in [0.1, 0.15) is 58.7 Å². The first kappa shape index (κ1) is 16.9. The topological polar surface area (TPSA) is 24.9 Å². The van der Waals surface area contributed by atoms with Crippen LogP contribution in [0, 0.1) is 5.41 Å². The third kappa shape index (κ3) is 5.41. The van der Waals surface area contributed by atoms with Crippen LogP contribution in [-0.4, -0.2) is 16.9 Å². The maximum atomic E-state index is 5.90. The second-order valence-electron chi connectivity index (χ2n) is 7.15. The number of thiazole rings is 1. The van der Waals surface area contributed by atoms with E-state index < -0.39 is 0 Å². The van der Waals surface area contributed by atoms with Crippen molar-refractivity contribution in [1.29, 1.82) is 0 Å². The zero-order valence-corrected chi connectivity index (χ0v) is 14.6. The minimum atomic E-state index is 0.133. The second-order valence-corrected chi connectivity index (χ2v) is 8.47. The molecule has 0 radical (unpaired) electrons. The summed E-state index contributed by atoms with van der Waals surface area (Å²) in [6, 6.07) is 0.423. The van der Waals surface area contributed by atoms with Crippen molar-refractivity contribution in [2.24, 2.45) is 5.41 Å². The molecule has 0 bridgehead atoms. The second kappa shape index (κ2) is 6.55. The number of halogens is 1. The normalized spacial score (nSPS) is 14.7. The molecule has 0 spiro atoms. The van der Waals surface area contributed by atoms with Gasteiger partial charge in [-0.2, -0.15) is 0 Å². The lowest BCUT2D eigenvalue weighted by Gasteiger charge is -2.31. The van der Waals surface area contributed by atoms with E-state index in [4.69, 9.17) is 16.6 Å². The lowest BCUT2D eigenvalue weighted by atomic mass is 9.85. The van der Waals surface area contributed by atoms with Crippen LogP contribution in [0.4, 0.5) is 0 Å². The van der Waals surface area contributed by atoms with E-state index in [2.05, 4.69) is 52.2 Å². The predicted molar refractivity (Wildman–Crippen MR) is 86.2 cm³/mol. The number of aromatic nitrogens is 1. The Morgan fingerprint density at radius 3 is 2.32 bits per heavy atom. The minimum absolute atomic E-state index is 0.133. The largest absolute Gasteiger partial charge is 0.307 e. The molecule has 0 amide bonds. The van der Waals surface area contributed by atoms with E-state index in [1.165, 1.54) is 5.69 Å². The molecule has 1 atom stereocenters. The van der Waals surface area contributed by atoms with Crippen molar-refractivity contribution < 1.29 is 0 Å². The standard InChI is InChI=1S/C15H27ClN2S/c1-14(2,3)11(7-8-16)17-9-13-18-12(10-19-13)15(4,5)6/h10-11,17H,7-9H2,1-6H3. The molecule has 4 heteroatoms. The highest BCUT2D eigenvalue weighted by atomic mass is 35.5. The molecule has 110 valence electrons. The number of alkyl halides is 1. The zero-order valence-electron chi connectivity index (χ0n) is 13.0. The zero-order chi connectivity index (χ0) is 14.7. The monoisotopic (exact) mass is 302 g/mol. The number of hydrogen-bond acceptors (Lipinski definition) is 3. The molecule has 0 saturated heterocycles. The van der Waals surface area contributed by atoms with Gasteiger partial charge in [-0.05, 0) is 11.8 Å². The fourth-order valence-electron chi connectivity index (χ4n) is 1.90. The van der Waals surface area contributed by atoms with E-state index in [1.807, 2.05) is 0 Å². The third-order valence-corrected chi connectivity index (χ3v) is 4.33. The smallest absolute Gasteiger partial charge is 0.107 e. The van der Waals surface area contributed by atoms with Gasteiger partial charge in [0.15, 0.2) is 0 Å². The first-order chi connectivity index (χ1) is 8.64. The van der Waals surface area contributed by atoms with E-state index in [9.17, 15) is 0 Å². The summed E-state index contributed by atoms with van der Waals surface area (Å²) in [5, 5.41) is 6.94. The lowest BCUT2D eigenvalue weighted by Crippen LogP contribution is -2.40. The Labute approximate surface area is 127 Å². The van der Waals surface area contributed by atoms with Crippen LogP contribution in [0.25, 0.3) is 0 Å². The Bertz CT molecular complexity index is 388. The van der Waals surface area contributed by atoms with Gasteiger partial charge in [0.1, 0.15) is 5.01 Å². The molecule has 19 heavy (non-hydrogen) atoms. The summed E-state index contributed by atoms with van der Waals surface area (Å²) in [5.74, 6) is 0.694. The van der Waals surface area contributed by atoms with E-state index >= 15 is 0 Å². The Balaban J connectivity index is 2.62. The van der Waals surface area contributed by atoms with Gasteiger partial charge in [0, 0.05) is 29.3 Å². The molecule has 0 aliphatic carbocycles. The Kier molecular flexibility index (Phi) is 5.84. The maximum absolute atomic E-state index is 5.90. The number of rotatable bonds is 5. The Morgan fingerprint density at radius 1 is 1.26 bits per heavy atom. The molecular formula is C15H27ClN2S. The van der Waals surface area contributed by atoms with Crippen molar-refractivity contribution in [3.63, 3.8) is 0 Å². The van der Waals surface area contributed by atoms with E-state index in [1.54, 1.807) is 11.3 Å². The van der Waals surface area contributed by atoms with Crippen molar-refractivity contribution in [3.05, 3.63) is 16.1 Å². The molecule has 1 heterocycles. The van der Waals surface area contributed by atoms with Crippen molar-refractivity contribution >= 4 is 22.9 Å². The van der Waals surface area contributed by atoms with Crippen molar-refractivity contribution in [2.75, 3.05) is 5.88 Å². The van der Waals surface area contributed by atoms with Crippen LogP contribution < -0.4 is 5.32 Å². The van der Waals surface area contributed by atoms with Crippen LogP contribution >= 0.6 is 22.9 Å². The average molecular weight is 303 g/mol. The quantitative estimate of drug-likeness (QED) is 0.806. The lowest BCUT2D eigenvalue weighted by molar-refractivity contribution is 0.260. The highest BCUT2D eigenvalue weighted by molar-refractivity contribution is 7.09. The summed E-state index contributed by atoms with van der Waals surface area (Å²) in [4.78, 5) is 4.72. The highest BCUT2D eigenvalue weighted by Gasteiger charge is 2.24. The molecule has 0 saturated carbocycles. The Morgan fingerprint density at radius 2 is 1.89 bits per heavy atom. The molecule has 1 aromatic heterocycles. The predicted octanol–water partition coefficient (Wildman–Crippen LogP) is 4.57. The van der Waals surface area contributed by atoms with Crippen LogP contribution in [0.15, 0.2) is 5.38 Å². The maximum Gasteiger partial charge on any atom is 0.107 e. The number of nitrogens with zero attached hydrogens (tertiary/aromatic N) is 1. The Hall–Kier alpha value is -0.120. The third-order valence-electron chi connectivity index (χ3n) is 3.26. The van der Waals surface area contributed by atoms with Crippen LogP contribution in [0.2, 0.25) is 0 Å². The van der Waals surface area contributed by atoms with E-state index in [-0.39, 0.29) is 10.8 Å².